The Morgan fingerprint density at radius 2 is 2.00 bits per heavy atom. The molecular weight excluding hydrogens is 400 g/mol. The largest absolute Gasteiger partial charge is 0.399 e. The molecule has 0 radical (unpaired) electrons. The van der Waals surface area contributed by atoms with Gasteiger partial charge in [-0.05, 0) is 61.6 Å². The zero-order valence-corrected chi connectivity index (χ0v) is 17.6. The number of carbonyl (C=O) groups excluding carboxylic acids is 1. The van der Waals surface area contributed by atoms with E-state index in [1.165, 1.54) is 6.07 Å². The van der Waals surface area contributed by atoms with E-state index in [1.807, 2.05) is 37.3 Å². The van der Waals surface area contributed by atoms with Crippen molar-refractivity contribution in [3.63, 3.8) is 0 Å². The van der Waals surface area contributed by atoms with Crippen LogP contribution in [0, 0.1) is 12.7 Å². The van der Waals surface area contributed by atoms with E-state index in [0.29, 0.717) is 12.8 Å². The number of nitrogens with one attached hydrogen (secondary N) is 1. The van der Waals surface area contributed by atoms with Crippen LogP contribution in [-0.2, 0) is 11.2 Å². The van der Waals surface area contributed by atoms with E-state index in [0.717, 1.165) is 48.4 Å². The number of anilines is 2. The molecule has 1 aliphatic heterocycles. The summed E-state index contributed by atoms with van der Waals surface area (Å²) in [6.07, 6.45) is 3.05. The first-order chi connectivity index (χ1) is 12.5. The molecule has 4 nitrogen and oxygen atoms in total. The second-order valence-corrected chi connectivity index (χ2v) is 6.98. The molecule has 3 rings (SSSR count). The lowest BCUT2D eigenvalue weighted by Gasteiger charge is -2.35. The molecule has 1 amide bonds. The second kappa shape index (κ2) is 11.1. The molecular formula is C21H28Cl2FN3O. The molecule has 0 aliphatic carbocycles. The molecule has 154 valence electrons. The number of piperidine rings is 1. The van der Waals surface area contributed by atoms with Crippen molar-refractivity contribution in [2.75, 3.05) is 23.7 Å². The van der Waals surface area contributed by atoms with Crippen molar-refractivity contribution < 1.29 is 9.18 Å². The van der Waals surface area contributed by atoms with Gasteiger partial charge in [-0.1, -0.05) is 18.2 Å². The standard InChI is InChI=1S/C21H26FN3O.2ClH/c1-15-13-17(22)9-10-20(15)25-12-4-6-18(14-25)24-21(26)11-8-16-5-2-3-7-19(16)23;;/h2-3,5,7,9-10,13,18H,4,6,8,11-12,14,23H2,1H3,(H,24,26);2*1H. The Morgan fingerprint density at radius 3 is 2.71 bits per heavy atom. The van der Waals surface area contributed by atoms with Crippen molar-refractivity contribution in [2.45, 2.75) is 38.6 Å². The molecule has 3 N–H and O–H groups in total. The zero-order valence-electron chi connectivity index (χ0n) is 16.0. The van der Waals surface area contributed by atoms with Gasteiger partial charge < -0.3 is 16.0 Å². The summed E-state index contributed by atoms with van der Waals surface area (Å²) in [5.41, 5.74) is 9.65. The fraction of sp³-hybridized carbons (Fsp3) is 0.381. The first kappa shape index (κ1) is 24.1. The first-order valence-electron chi connectivity index (χ1n) is 9.17. The lowest BCUT2D eigenvalue weighted by molar-refractivity contribution is -0.121. The third-order valence-electron chi connectivity index (χ3n) is 4.96. The van der Waals surface area contributed by atoms with Gasteiger partial charge in [0, 0.05) is 36.9 Å². The molecule has 2 aromatic carbocycles. The predicted octanol–water partition coefficient (Wildman–Crippen LogP) is 4.28. The average molecular weight is 428 g/mol. The fourth-order valence-electron chi connectivity index (χ4n) is 3.60. The number of hydrogen-bond donors (Lipinski definition) is 2. The molecule has 0 saturated carbocycles. The number of benzene rings is 2. The summed E-state index contributed by atoms with van der Waals surface area (Å²) in [6.45, 7) is 3.61. The maximum absolute atomic E-state index is 13.3. The number of rotatable bonds is 5. The van der Waals surface area contributed by atoms with Crippen LogP contribution >= 0.6 is 24.8 Å². The van der Waals surface area contributed by atoms with E-state index in [-0.39, 0.29) is 42.6 Å². The smallest absolute Gasteiger partial charge is 0.220 e. The van der Waals surface area contributed by atoms with Gasteiger partial charge in [0.2, 0.25) is 5.91 Å². The van der Waals surface area contributed by atoms with Crippen LogP contribution in [0.4, 0.5) is 15.8 Å². The number of carbonyl (C=O) groups is 1. The molecule has 1 saturated heterocycles. The molecule has 1 heterocycles. The Bertz CT molecular complexity index is 788. The van der Waals surface area contributed by atoms with Crippen LogP contribution in [0.3, 0.4) is 0 Å². The van der Waals surface area contributed by atoms with Gasteiger partial charge in [-0.15, -0.1) is 24.8 Å². The molecule has 1 aliphatic rings. The van der Waals surface area contributed by atoms with E-state index in [2.05, 4.69) is 10.2 Å². The molecule has 28 heavy (non-hydrogen) atoms. The van der Waals surface area contributed by atoms with Crippen LogP contribution in [0.25, 0.3) is 0 Å². The lowest BCUT2D eigenvalue weighted by Crippen LogP contribution is -2.48. The molecule has 1 fully saturated rings. The number of nitrogens with zero attached hydrogens (tertiary/aromatic N) is 1. The van der Waals surface area contributed by atoms with Crippen LogP contribution in [0.2, 0.25) is 0 Å². The van der Waals surface area contributed by atoms with Crippen molar-refractivity contribution in [3.05, 3.63) is 59.4 Å². The minimum atomic E-state index is -0.215. The Hall–Kier alpha value is -1.98. The summed E-state index contributed by atoms with van der Waals surface area (Å²) in [6, 6.07) is 12.7. The Morgan fingerprint density at radius 1 is 1.25 bits per heavy atom. The molecule has 0 spiro atoms. The summed E-state index contributed by atoms with van der Waals surface area (Å²) in [4.78, 5) is 14.6. The normalized spacial score (nSPS) is 15.9. The minimum absolute atomic E-state index is 0. The quantitative estimate of drug-likeness (QED) is 0.699. The number of hydrogen-bond acceptors (Lipinski definition) is 3. The summed E-state index contributed by atoms with van der Waals surface area (Å²) in [7, 11) is 0. The van der Waals surface area contributed by atoms with Crippen LogP contribution in [0.15, 0.2) is 42.5 Å². The monoisotopic (exact) mass is 427 g/mol. The highest BCUT2D eigenvalue weighted by Crippen LogP contribution is 2.24. The van der Waals surface area contributed by atoms with Crippen molar-refractivity contribution in [2.24, 2.45) is 0 Å². The third-order valence-corrected chi connectivity index (χ3v) is 4.96. The summed E-state index contributed by atoms with van der Waals surface area (Å²) in [5, 5.41) is 3.14. The highest BCUT2D eigenvalue weighted by Gasteiger charge is 2.22. The number of amides is 1. The van der Waals surface area contributed by atoms with Gasteiger partial charge in [-0.3, -0.25) is 4.79 Å². The van der Waals surface area contributed by atoms with E-state index in [9.17, 15) is 9.18 Å². The number of nitrogens with two attached hydrogens (primary N) is 1. The average Bonchev–Trinajstić information content (AvgIpc) is 2.61. The number of aryl methyl sites for hydroxylation is 2. The fourth-order valence-corrected chi connectivity index (χ4v) is 3.60. The van der Waals surface area contributed by atoms with Gasteiger partial charge in [0.15, 0.2) is 0 Å². The summed E-state index contributed by atoms with van der Waals surface area (Å²) < 4.78 is 13.3. The molecule has 1 unspecified atom stereocenters. The number of nitrogen functional groups attached to an aromatic ring is 1. The van der Waals surface area contributed by atoms with Gasteiger partial charge in [-0.25, -0.2) is 4.39 Å². The minimum Gasteiger partial charge on any atom is -0.399 e. The van der Waals surface area contributed by atoms with Gasteiger partial charge in [0.1, 0.15) is 5.82 Å². The predicted molar refractivity (Wildman–Crippen MR) is 118 cm³/mol. The van der Waals surface area contributed by atoms with Crippen molar-refractivity contribution >= 4 is 42.1 Å². The number of halogens is 3. The Labute approximate surface area is 178 Å². The SMILES string of the molecule is Cc1cc(F)ccc1N1CCCC(NC(=O)CCc2ccccc2N)C1.Cl.Cl. The lowest BCUT2D eigenvalue weighted by atomic mass is 10.0. The molecule has 7 heteroatoms. The second-order valence-electron chi connectivity index (χ2n) is 6.98. The maximum Gasteiger partial charge on any atom is 0.220 e. The van der Waals surface area contributed by atoms with E-state index < -0.39 is 0 Å². The van der Waals surface area contributed by atoms with Crippen LogP contribution in [0.5, 0.6) is 0 Å². The summed E-state index contributed by atoms with van der Waals surface area (Å²) in [5.74, 6) is -0.163. The van der Waals surface area contributed by atoms with E-state index >= 15 is 0 Å². The molecule has 1 atom stereocenters. The third kappa shape index (κ3) is 6.28. The molecule has 0 bridgehead atoms. The maximum atomic E-state index is 13.3. The van der Waals surface area contributed by atoms with Gasteiger partial charge in [0.05, 0.1) is 0 Å². The van der Waals surface area contributed by atoms with Crippen molar-refractivity contribution in [1.82, 2.24) is 5.32 Å². The number of para-hydroxylation sites is 1. The highest BCUT2D eigenvalue weighted by atomic mass is 35.5. The topological polar surface area (TPSA) is 58.4 Å². The first-order valence-corrected chi connectivity index (χ1v) is 9.17. The zero-order chi connectivity index (χ0) is 18.5. The van der Waals surface area contributed by atoms with Gasteiger partial charge >= 0.3 is 0 Å². The van der Waals surface area contributed by atoms with E-state index in [1.54, 1.807) is 6.07 Å². The van der Waals surface area contributed by atoms with Gasteiger partial charge in [0.25, 0.3) is 0 Å². The molecule has 0 aromatic heterocycles. The van der Waals surface area contributed by atoms with Crippen LogP contribution in [-0.4, -0.2) is 25.0 Å². The van der Waals surface area contributed by atoms with Crippen molar-refractivity contribution in [3.8, 4) is 0 Å². The van der Waals surface area contributed by atoms with Crippen LogP contribution < -0.4 is 16.0 Å². The van der Waals surface area contributed by atoms with Crippen LogP contribution in [0.1, 0.15) is 30.4 Å². The van der Waals surface area contributed by atoms with E-state index in [4.69, 9.17) is 5.73 Å². The summed E-state index contributed by atoms with van der Waals surface area (Å²) >= 11 is 0. The van der Waals surface area contributed by atoms with Crippen molar-refractivity contribution in [1.29, 1.82) is 0 Å². The Balaban J connectivity index is 0.00000196. The van der Waals surface area contributed by atoms with Gasteiger partial charge in [-0.2, -0.15) is 0 Å². The highest BCUT2D eigenvalue weighted by molar-refractivity contribution is 5.85. The Kier molecular flexibility index (Phi) is 9.56. The molecule has 2 aromatic rings.